The number of benzene rings is 2. The standard InChI is InChI=1S/C16H19NO4S/c1-3-20-13-10-11-16(21-4-2)15(12-13)17-22(18,19)14-8-6-5-7-9-14/h5-12,17H,3-4H2,1-2H3. The Morgan fingerprint density at radius 2 is 1.64 bits per heavy atom. The molecule has 0 unspecified atom stereocenters. The van der Waals surface area contributed by atoms with E-state index in [0.29, 0.717) is 30.4 Å². The number of sulfonamides is 1. The van der Waals surface area contributed by atoms with Gasteiger partial charge in [-0.05, 0) is 38.1 Å². The van der Waals surface area contributed by atoms with Crippen molar-refractivity contribution in [2.75, 3.05) is 17.9 Å². The minimum Gasteiger partial charge on any atom is -0.494 e. The van der Waals surface area contributed by atoms with Crippen molar-refractivity contribution in [1.29, 1.82) is 0 Å². The van der Waals surface area contributed by atoms with Crippen molar-refractivity contribution in [3.8, 4) is 11.5 Å². The maximum Gasteiger partial charge on any atom is 0.262 e. The van der Waals surface area contributed by atoms with Gasteiger partial charge in [0.15, 0.2) is 0 Å². The van der Waals surface area contributed by atoms with Gasteiger partial charge in [0.1, 0.15) is 11.5 Å². The molecule has 0 spiro atoms. The van der Waals surface area contributed by atoms with E-state index in [0.717, 1.165) is 0 Å². The minimum absolute atomic E-state index is 0.194. The molecule has 2 aromatic carbocycles. The molecule has 0 heterocycles. The summed E-state index contributed by atoms with van der Waals surface area (Å²) in [6, 6.07) is 13.2. The summed E-state index contributed by atoms with van der Waals surface area (Å²) < 4.78 is 38.3. The van der Waals surface area contributed by atoms with Crippen LogP contribution in [-0.2, 0) is 10.0 Å². The summed E-state index contributed by atoms with van der Waals surface area (Å²) in [5.74, 6) is 1.04. The van der Waals surface area contributed by atoms with E-state index in [-0.39, 0.29) is 4.90 Å². The first kappa shape index (κ1) is 16.2. The van der Waals surface area contributed by atoms with Gasteiger partial charge in [0.2, 0.25) is 0 Å². The molecule has 6 heteroatoms. The van der Waals surface area contributed by atoms with E-state index >= 15 is 0 Å². The van der Waals surface area contributed by atoms with Crippen LogP contribution in [0.4, 0.5) is 5.69 Å². The van der Waals surface area contributed by atoms with E-state index < -0.39 is 10.0 Å². The first-order valence-corrected chi connectivity index (χ1v) is 8.52. The van der Waals surface area contributed by atoms with Gasteiger partial charge in [0.25, 0.3) is 10.0 Å². The quantitative estimate of drug-likeness (QED) is 0.850. The van der Waals surface area contributed by atoms with Crippen LogP contribution in [0, 0.1) is 0 Å². The van der Waals surface area contributed by atoms with Gasteiger partial charge in [-0.2, -0.15) is 0 Å². The third kappa shape index (κ3) is 3.92. The Labute approximate surface area is 130 Å². The highest BCUT2D eigenvalue weighted by atomic mass is 32.2. The molecule has 0 radical (unpaired) electrons. The first-order chi connectivity index (χ1) is 10.6. The normalized spacial score (nSPS) is 11.0. The highest BCUT2D eigenvalue weighted by Gasteiger charge is 2.17. The zero-order valence-electron chi connectivity index (χ0n) is 12.6. The van der Waals surface area contributed by atoms with E-state index in [9.17, 15) is 8.42 Å². The van der Waals surface area contributed by atoms with Gasteiger partial charge in [-0.15, -0.1) is 0 Å². The molecule has 0 saturated heterocycles. The Hall–Kier alpha value is -2.21. The average molecular weight is 321 g/mol. The fourth-order valence-electron chi connectivity index (χ4n) is 1.93. The molecule has 0 aromatic heterocycles. The van der Waals surface area contributed by atoms with Crippen LogP contribution < -0.4 is 14.2 Å². The monoisotopic (exact) mass is 321 g/mol. The number of hydrogen-bond donors (Lipinski definition) is 1. The predicted octanol–water partition coefficient (Wildman–Crippen LogP) is 3.28. The zero-order valence-corrected chi connectivity index (χ0v) is 13.4. The number of rotatable bonds is 7. The van der Waals surface area contributed by atoms with E-state index in [1.807, 2.05) is 13.8 Å². The van der Waals surface area contributed by atoms with E-state index in [4.69, 9.17) is 9.47 Å². The third-order valence-electron chi connectivity index (χ3n) is 2.86. The average Bonchev–Trinajstić information content (AvgIpc) is 2.51. The van der Waals surface area contributed by atoms with Crippen LogP contribution in [0.15, 0.2) is 53.4 Å². The molecule has 2 rings (SSSR count). The Balaban J connectivity index is 2.36. The zero-order chi connectivity index (χ0) is 16.0. The number of ether oxygens (including phenoxy) is 2. The smallest absolute Gasteiger partial charge is 0.262 e. The summed E-state index contributed by atoms with van der Waals surface area (Å²) >= 11 is 0. The van der Waals surface area contributed by atoms with E-state index in [1.54, 1.807) is 36.4 Å². The lowest BCUT2D eigenvalue weighted by molar-refractivity contribution is 0.332. The van der Waals surface area contributed by atoms with Crippen LogP contribution in [0.5, 0.6) is 11.5 Å². The van der Waals surface area contributed by atoms with E-state index in [2.05, 4.69) is 4.72 Å². The summed E-state index contributed by atoms with van der Waals surface area (Å²) in [5.41, 5.74) is 0.358. The lowest BCUT2D eigenvalue weighted by atomic mass is 10.3. The molecule has 1 N–H and O–H groups in total. The van der Waals surface area contributed by atoms with Gasteiger partial charge in [0, 0.05) is 6.07 Å². The Kier molecular flexibility index (Phi) is 5.27. The van der Waals surface area contributed by atoms with Gasteiger partial charge in [-0.1, -0.05) is 18.2 Å². The molecule has 0 aliphatic rings. The molecular formula is C16H19NO4S. The fraction of sp³-hybridized carbons (Fsp3) is 0.250. The molecular weight excluding hydrogens is 302 g/mol. The number of hydrogen-bond acceptors (Lipinski definition) is 4. The Morgan fingerprint density at radius 3 is 2.27 bits per heavy atom. The first-order valence-electron chi connectivity index (χ1n) is 7.04. The lowest BCUT2D eigenvalue weighted by Gasteiger charge is -2.14. The van der Waals surface area contributed by atoms with Gasteiger partial charge in [0.05, 0.1) is 23.8 Å². The van der Waals surface area contributed by atoms with E-state index in [1.165, 1.54) is 12.1 Å². The number of anilines is 1. The molecule has 0 saturated carbocycles. The van der Waals surface area contributed by atoms with Crippen molar-refractivity contribution in [2.45, 2.75) is 18.7 Å². The maximum atomic E-state index is 12.4. The van der Waals surface area contributed by atoms with Gasteiger partial charge >= 0.3 is 0 Å². The SMILES string of the molecule is CCOc1ccc(OCC)c(NS(=O)(=O)c2ccccc2)c1. The third-order valence-corrected chi connectivity index (χ3v) is 4.24. The van der Waals surface area contributed by atoms with Crippen LogP contribution in [-0.4, -0.2) is 21.6 Å². The van der Waals surface area contributed by atoms with Crippen LogP contribution in [0.1, 0.15) is 13.8 Å². The van der Waals surface area contributed by atoms with Crippen molar-refractivity contribution < 1.29 is 17.9 Å². The second-order valence-electron chi connectivity index (χ2n) is 4.44. The van der Waals surface area contributed by atoms with Crippen molar-refractivity contribution >= 4 is 15.7 Å². The second-order valence-corrected chi connectivity index (χ2v) is 6.12. The molecule has 0 atom stereocenters. The second kappa shape index (κ2) is 7.17. The van der Waals surface area contributed by atoms with Crippen LogP contribution in [0.2, 0.25) is 0 Å². The summed E-state index contributed by atoms with van der Waals surface area (Å²) in [6.45, 7) is 4.64. The lowest BCUT2D eigenvalue weighted by Crippen LogP contribution is -2.14. The maximum absolute atomic E-state index is 12.4. The van der Waals surface area contributed by atoms with Crippen LogP contribution >= 0.6 is 0 Å². The fourth-order valence-corrected chi connectivity index (χ4v) is 3.01. The molecule has 0 aliphatic carbocycles. The highest BCUT2D eigenvalue weighted by Crippen LogP contribution is 2.31. The van der Waals surface area contributed by atoms with Crippen LogP contribution in [0.3, 0.4) is 0 Å². The molecule has 0 fully saturated rings. The summed E-state index contributed by atoms with van der Waals surface area (Å²) in [7, 11) is -3.67. The van der Waals surface area contributed by atoms with Crippen LogP contribution in [0.25, 0.3) is 0 Å². The van der Waals surface area contributed by atoms with Crippen molar-refractivity contribution in [1.82, 2.24) is 0 Å². The Bertz CT molecular complexity index is 714. The molecule has 0 aliphatic heterocycles. The molecule has 2 aromatic rings. The molecule has 22 heavy (non-hydrogen) atoms. The van der Waals surface area contributed by atoms with Crippen molar-refractivity contribution in [3.05, 3.63) is 48.5 Å². The topological polar surface area (TPSA) is 64.6 Å². The van der Waals surface area contributed by atoms with Crippen molar-refractivity contribution in [2.24, 2.45) is 0 Å². The summed E-state index contributed by atoms with van der Waals surface area (Å²) in [6.07, 6.45) is 0. The molecule has 0 amide bonds. The van der Waals surface area contributed by atoms with Gasteiger partial charge < -0.3 is 9.47 Å². The molecule has 118 valence electrons. The van der Waals surface area contributed by atoms with Gasteiger partial charge in [-0.3, -0.25) is 4.72 Å². The summed E-state index contributed by atoms with van der Waals surface area (Å²) in [4.78, 5) is 0.194. The summed E-state index contributed by atoms with van der Waals surface area (Å²) in [5, 5.41) is 0. The Morgan fingerprint density at radius 1 is 0.955 bits per heavy atom. The molecule has 0 bridgehead atoms. The number of nitrogens with one attached hydrogen (secondary N) is 1. The highest BCUT2D eigenvalue weighted by molar-refractivity contribution is 7.92. The van der Waals surface area contributed by atoms with Gasteiger partial charge in [-0.25, -0.2) is 8.42 Å². The minimum atomic E-state index is -3.67. The predicted molar refractivity (Wildman–Crippen MR) is 86.0 cm³/mol. The van der Waals surface area contributed by atoms with Crippen molar-refractivity contribution in [3.63, 3.8) is 0 Å². The largest absolute Gasteiger partial charge is 0.494 e. The molecule has 5 nitrogen and oxygen atoms in total.